The zero-order valence-corrected chi connectivity index (χ0v) is 5.95. The minimum absolute atomic E-state index is 0.205. The van der Waals surface area contributed by atoms with Gasteiger partial charge in [0.15, 0.2) is 0 Å². The topological polar surface area (TPSA) is 21.3 Å². The normalized spacial score (nSPS) is 49.7. The van der Waals surface area contributed by atoms with Crippen molar-refractivity contribution in [2.75, 3.05) is 13.2 Å². The summed E-state index contributed by atoms with van der Waals surface area (Å²) in [6, 6.07) is 0.524. The van der Waals surface area contributed by atoms with E-state index in [1.165, 1.54) is 6.42 Å². The quantitative estimate of drug-likeness (QED) is 0.403. The molecule has 2 saturated heterocycles. The fraction of sp³-hybridized carbons (Fsp3) is 1.00. The van der Waals surface area contributed by atoms with Crippen LogP contribution in [0.2, 0.25) is 0 Å². The Labute approximate surface area is 59.5 Å². The van der Waals surface area contributed by atoms with Gasteiger partial charge in [-0.3, -0.25) is 5.32 Å². The van der Waals surface area contributed by atoms with Gasteiger partial charge in [0.1, 0.15) is 5.00 Å². The van der Waals surface area contributed by atoms with E-state index in [1.807, 2.05) is 0 Å². The van der Waals surface area contributed by atoms with Crippen LogP contribution in [0.5, 0.6) is 0 Å². The second-order valence-electron chi connectivity index (χ2n) is 2.86. The summed E-state index contributed by atoms with van der Waals surface area (Å²) in [6.07, 6.45) is 2.22. The van der Waals surface area contributed by atoms with Crippen molar-refractivity contribution in [2.24, 2.45) is 0 Å². The molecule has 9 heavy (non-hydrogen) atoms. The zero-order chi connectivity index (χ0) is 6.32. The smallest absolute Gasteiger partial charge is 0.117 e. The Morgan fingerprint density at radius 3 is 3.22 bits per heavy atom. The van der Waals surface area contributed by atoms with Crippen LogP contribution in [-0.4, -0.2) is 24.3 Å². The van der Waals surface area contributed by atoms with Gasteiger partial charge >= 0.3 is 0 Å². The molecule has 0 radical (unpaired) electrons. The number of ether oxygens (including phenoxy) is 1. The molecule has 2 aliphatic heterocycles. The van der Waals surface area contributed by atoms with Gasteiger partial charge in [-0.25, -0.2) is 0 Å². The van der Waals surface area contributed by atoms with Gasteiger partial charge in [-0.1, -0.05) is 11.6 Å². The van der Waals surface area contributed by atoms with Crippen molar-refractivity contribution in [2.45, 2.75) is 23.9 Å². The van der Waals surface area contributed by atoms with Crippen molar-refractivity contribution in [3.63, 3.8) is 0 Å². The van der Waals surface area contributed by atoms with Gasteiger partial charge < -0.3 is 4.74 Å². The number of nitrogens with one attached hydrogen (secondary N) is 1. The lowest BCUT2D eigenvalue weighted by Gasteiger charge is -2.28. The average molecular weight is 148 g/mol. The Morgan fingerprint density at radius 1 is 1.67 bits per heavy atom. The predicted octanol–water partition coefficient (Wildman–Crippen LogP) is 0.704. The number of fused-ring (bicyclic) bond motifs is 2. The molecule has 0 saturated carbocycles. The largest absolute Gasteiger partial charge is 0.377 e. The first-order valence-corrected chi connectivity index (χ1v) is 3.71. The average Bonchev–Trinajstić information content (AvgIpc) is 2.07. The Morgan fingerprint density at radius 2 is 2.56 bits per heavy atom. The Kier molecular flexibility index (Phi) is 1.22. The fourth-order valence-electron chi connectivity index (χ4n) is 1.51. The molecule has 2 aliphatic rings. The third-order valence-electron chi connectivity index (χ3n) is 2.00. The van der Waals surface area contributed by atoms with E-state index in [-0.39, 0.29) is 5.00 Å². The number of hydrogen-bond acceptors (Lipinski definition) is 2. The van der Waals surface area contributed by atoms with Crippen LogP contribution in [0.15, 0.2) is 0 Å². The van der Waals surface area contributed by atoms with Crippen LogP contribution in [0.25, 0.3) is 0 Å². The second kappa shape index (κ2) is 1.84. The van der Waals surface area contributed by atoms with Crippen LogP contribution in [0, 0.1) is 0 Å². The number of alkyl halides is 1. The highest BCUT2D eigenvalue weighted by Crippen LogP contribution is 2.31. The van der Waals surface area contributed by atoms with E-state index in [0.717, 1.165) is 13.0 Å². The van der Waals surface area contributed by atoms with Crippen LogP contribution in [0.1, 0.15) is 12.8 Å². The maximum atomic E-state index is 6.07. The van der Waals surface area contributed by atoms with E-state index in [0.29, 0.717) is 12.6 Å². The van der Waals surface area contributed by atoms with E-state index in [4.69, 9.17) is 16.3 Å². The molecule has 1 N–H and O–H groups in total. The molecular weight excluding hydrogens is 138 g/mol. The highest BCUT2D eigenvalue weighted by atomic mass is 35.5. The monoisotopic (exact) mass is 147 g/mol. The van der Waals surface area contributed by atoms with Crippen LogP contribution in [0.4, 0.5) is 0 Å². The molecule has 2 atom stereocenters. The molecule has 52 valence electrons. The lowest BCUT2D eigenvalue weighted by atomic mass is 10.2. The first kappa shape index (κ1) is 5.96. The van der Waals surface area contributed by atoms with Crippen LogP contribution >= 0.6 is 11.6 Å². The van der Waals surface area contributed by atoms with Gasteiger partial charge in [-0.15, -0.1) is 0 Å². The molecule has 3 heteroatoms. The van der Waals surface area contributed by atoms with Gasteiger partial charge in [0.05, 0.1) is 13.2 Å². The molecule has 0 aromatic rings. The summed E-state index contributed by atoms with van der Waals surface area (Å²) >= 11 is 6.07. The molecule has 0 spiro atoms. The van der Waals surface area contributed by atoms with Crippen LogP contribution < -0.4 is 5.32 Å². The van der Waals surface area contributed by atoms with Crippen molar-refractivity contribution >= 4 is 11.6 Å². The molecule has 0 amide bonds. The van der Waals surface area contributed by atoms with E-state index in [9.17, 15) is 0 Å². The Balaban J connectivity index is 2.13. The number of halogens is 1. The van der Waals surface area contributed by atoms with E-state index in [1.54, 1.807) is 0 Å². The number of rotatable bonds is 0. The van der Waals surface area contributed by atoms with Gasteiger partial charge in [-0.2, -0.15) is 0 Å². The SMILES string of the molecule is ClC12CCC(COC1)N2. The highest BCUT2D eigenvalue weighted by Gasteiger charge is 2.40. The van der Waals surface area contributed by atoms with E-state index in [2.05, 4.69) is 5.32 Å². The Bertz CT molecular complexity index is 126. The third kappa shape index (κ3) is 0.955. The molecule has 2 bridgehead atoms. The molecule has 0 aliphatic carbocycles. The maximum Gasteiger partial charge on any atom is 0.117 e. The first-order chi connectivity index (χ1) is 4.29. The second-order valence-corrected chi connectivity index (χ2v) is 3.58. The molecular formula is C6H10ClNO. The summed E-state index contributed by atoms with van der Waals surface area (Å²) in [6.45, 7) is 1.51. The highest BCUT2D eigenvalue weighted by molar-refractivity contribution is 6.24. The maximum absolute atomic E-state index is 6.07. The molecule has 0 aromatic carbocycles. The fourth-order valence-corrected chi connectivity index (χ4v) is 1.86. The number of morpholine rings is 1. The van der Waals surface area contributed by atoms with Crippen molar-refractivity contribution in [3.05, 3.63) is 0 Å². The van der Waals surface area contributed by atoms with Crippen molar-refractivity contribution < 1.29 is 4.74 Å². The standard InChI is InChI=1S/C6H10ClNO/c7-6-2-1-5(8-6)3-9-4-6/h5,8H,1-4H2. The predicted molar refractivity (Wildman–Crippen MR) is 35.6 cm³/mol. The van der Waals surface area contributed by atoms with Crippen molar-refractivity contribution in [3.8, 4) is 0 Å². The summed E-state index contributed by atoms with van der Waals surface area (Å²) in [5.74, 6) is 0. The molecule has 2 rings (SSSR count). The summed E-state index contributed by atoms with van der Waals surface area (Å²) in [4.78, 5) is -0.205. The molecule has 2 fully saturated rings. The summed E-state index contributed by atoms with van der Waals surface area (Å²) in [5.41, 5.74) is 0. The molecule has 2 unspecified atom stereocenters. The Hall–Kier alpha value is 0.210. The van der Waals surface area contributed by atoms with Crippen molar-refractivity contribution in [1.29, 1.82) is 0 Å². The van der Waals surface area contributed by atoms with Gasteiger partial charge in [-0.05, 0) is 12.8 Å². The molecule has 2 heterocycles. The zero-order valence-electron chi connectivity index (χ0n) is 5.19. The number of hydrogen-bond donors (Lipinski definition) is 1. The molecule has 0 aromatic heterocycles. The molecule has 2 nitrogen and oxygen atoms in total. The lowest BCUT2D eigenvalue weighted by molar-refractivity contribution is 0.0600. The van der Waals surface area contributed by atoms with Gasteiger partial charge in [0.2, 0.25) is 0 Å². The van der Waals surface area contributed by atoms with E-state index >= 15 is 0 Å². The minimum atomic E-state index is -0.205. The minimum Gasteiger partial charge on any atom is -0.377 e. The van der Waals surface area contributed by atoms with E-state index < -0.39 is 0 Å². The summed E-state index contributed by atoms with van der Waals surface area (Å²) in [5, 5.41) is 3.31. The van der Waals surface area contributed by atoms with Gasteiger partial charge in [0.25, 0.3) is 0 Å². The van der Waals surface area contributed by atoms with Crippen molar-refractivity contribution in [1.82, 2.24) is 5.32 Å². The van der Waals surface area contributed by atoms with Crippen LogP contribution in [0.3, 0.4) is 0 Å². The third-order valence-corrected chi connectivity index (χ3v) is 2.41. The summed E-state index contributed by atoms with van der Waals surface area (Å²) in [7, 11) is 0. The van der Waals surface area contributed by atoms with Crippen LogP contribution in [-0.2, 0) is 4.74 Å². The van der Waals surface area contributed by atoms with Gasteiger partial charge in [0, 0.05) is 6.04 Å². The summed E-state index contributed by atoms with van der Waals surface area (Å²) < 4.78 is 5.27. The lowest BCUT2D eigenvalue weighted by Crippen LogP contribution is -2.48. The first-order valence-electron chi connectivity index (χ1n) is 3.33.